The summed E-state index contributed by atoms with van der Waals surface area (Å²) in [6, 6.07) is 1.71. The van der Waals surface area contributed by atoms with Crippen molar-refractivity contribution in [3.63, 3.8) is 0 Å². The number of hydrogen-bond donors (Lipinski definition) is 0. The fourth-order valence-corrected chi connectivity index (χ4v) is 5.54. The SMILES string of the molecule is Cn1cc(-c2cnc3cnn(S(=O)(=O)c4c(Cl)nc5sccn45)c3c2)cn1. The molecule has 0 aromatic carbocycles. The third-order valence-corrected chi connectivity index (χ3v) is 6.83. The van der Waals surface area contributed by atoms with Crippen LogP contribution in [0.25, 0.3) is 27.1 Å². The molecule has 0 fully saturated rings. The van der Waals surface area contributed by atoms with Gasteiger partial charge in [-0.3, -0.25) is 14.1 Å². The fourth-order valence-electron chi connectivity index (χ4n) is 2.86. The molecule has 5 heterocycles. The normalized spacial score (nSPS) is 12.4. The Labute approximate surface area is 161 Å². The van der Waals surface area contributed by atoms with Gasteiger partial charge in [0, 0.05) is 42.1 Å². The first kappa shape index (κ1) is 16.4. The van der Waals surface area contributed by atoms with Crippen molar-refractivity contribution >= 4 is 49.0 Å². The van der Waals surface area contributed by atoms with E-state index in [1.54, 1.807) is 41.8 Å². The molecule has 0 atom stereocenters. The topological polar surface area (TPSA) is 100.0 Å². The molecule has 0 N–H and O–H groups in total. The summed E-state index contributed by atoms with van der Waals surface area (Å²) in [5.41, 5.74) is 2.35. The Bertz CT molecular complexity index is 1430. The monoisotopic (exact) mass is 419 g/mol. The molecule has 0 spiro atoms. The van der Waals surface area contributed by atoms with Crippen molar-refractivity contribution in [2.24, 2.45) is 7.05 Å². The van der Waals surface area contributed by atoms with Crippen LogP contribution in [0.2, 0.25) is 5.15 Å². The van der Waals surface area contributed by atoms with Gasteiger partial charge in [0.05, 0.1) is 12.4 Å². The number of aromatic nitrogens is 7. The minimum atomic E-state index is -4.08. The number of nitrogens with zero attached hydrogens (tertiary/aromatic N) is 7. The molecular formula is C15H10ClN7O2S2. The number of halogens is 1. The second-order valence-electron chi connectivity index (χ2n) is 5.79. The number of fused-ring (bicyclic) bond motifs is 2. The van der Waals surface area contributed by atoms with E-state index in [9.17, 15) is 8.42 Å². The van der Waals surface area contributed by atoms with Gasteiger partial charge in [-0.15, -0.1) is 11.3 Å². The zero-order chi connectivity index (χ0) is 18.8. The highest BCUT2D eigenvalue weighted by Gasteiger charge is 2.29. The Balaban J connectivity index is 1.75. The number of imidazole rings is 1. The van der Waals surface area contributed by atoms with Crippen molar-refractivity contribution in [2.45, 2.75) is 5.03 Å². The summed E-state index contributed by atoms with van der Waals surface area (Å²) in [6.45, 7) is 0. The summed E-state index contributed by atoms with van der Waals surface area (Å²) in [6.07, 6.45) is 8.17. The Morgan fingerprint density at radius 2 is 2.00 bits per heavy atom. The summed E-state index contributed by atoms with van der Waals surface area (Å²) in [4.78, 5) is 8.91. The van der Waals surface area contributed by atoms with Gasteiger partial charge in [0.1, 0.15) is 11.0 Å². The van der Waals surface area contributed by atoms with E-state index >= 15 is 0 Å². The van der Waals surface area contributed by atoms with Crippen molar-refractivity contribution in [2.75, 3.05) is 0 Å². The summed E-state index contributed by atoms with van der Waals surface area (Å²) >= 11 is 7.41. The summed E-state index contributed by atoms with van der Waals surface area (Å²) in [5.74, 6) is 0. The molecule has 0 radical (unpaired) electrons. The Morgan fingerprint density at radius 3 is 2.78 bits per heavy atom. The maximum Gasteiger partial charge on any atom is 0.302 e. The molecule has 0 aliphatic heterocycles. The van der Waals surface area contributed by atoms with E-state index in [0.29, 0.717) is 16.0 Å². The van der Waals surface area contributed by atoms with Crippen LogP contribution in [0.3, 0.4) is 0 Å². The van der Waals surface area contributed by atoms with Gasteiger partial charge in [-0.1, -0.05) is 11.6 Å². The minimum absolute atomic E-state index is 0.0955. The maximum atomic E-state index is 13.3. The maximum absolute atomic E-state index is 13.3. The molecule has 5 aromatic rings. The third kappa shape index (κ3) is 2.39. The smallest absolute Gasteiger partial charge is 0.278 e. The first-order valence-electron chi connectivity index (χ1n) is 7.64. The molecule has 136 valence electrons. The third-order valence-electron chi connectivity index (χ3n) is 4.08. The molecule has 5 aromatic heterocycles. The van der Waals surface area contributed by atoms with Crippen molar-refractivity contribution in [1.29, 1.82) is 0 Å². The van der Waals surface area contributed by atoms with E-state index in [1.807, 2.05) is 6.20 Å². The highest BCUT2D eigenvalue weighted by Crippen LogP contribution is 2.29. The van der Waals surface area contributed by atoms with E-state index in [-0.39, 0.29) is 10.2 Å². The van der Waals surface area contributed by atoms with Crippen molar-refractivity contribution in [3.05, 3.63) is 47.6 Å². The van der Waals surface area contributed by atoms with Crippen LogP contribution in [0.1, 0.15) is 0 Å². The predicted octanol–water partition coefficient (Wildman–Crippen LogP) is 2.43. The van der Waals surface area contributed by atoms with Crippen LogP contribution >= 0.6 is 22.9 Å². The van der Waals surface area contributed by atoms with E-state index in [2.05, 4.69) is 20.2 Å². The number of pyridine rings is 1. The Morgan fingerprint density at radius 1 is 1.15 bits per heavy atom. The molecular weight excluding hydrogens is 410 g/mol. The number of aryl methyl sites for hydroxylation is 1. The van der Waals surface area contributed by atoms with Crippen LogP contribution in [0.4, 0.5) is 0 Å². The molecule has 0 saturated carbocycles. The second-order valence-corrected chi connectivity index (χ2v) is 8.70. The lowest BCUT2D eigenvalue weighted by Gasteiger charge is -2.06. The van der Waals surface area contributed by atoms with E-state index < -0.39 is 10.0 Å². The Kier molecular flexibility index (Phi) is 3.41. The quantitative estimate of drug-likeness (QED) is 0.445. The molecule has 0 amide bonds. The van der Waals surface area contributed by atoms with Crippen LogP contribution in [0.5, 0.6) is 0 Å². The van der Waals surface area contributed by atoms with Gasteiger partial charge in [0.2, 0.25) is 5.03 Å². The summed E-state index contributed by atoms with van der Waals surface area (Å²) in [5, 5.41) is 9.69. The van der Waals surface area contributed by atoms with Crippen LogP contribution in [-0.2, 0) is 17.1 Å². The van der Waals surface area contributed by atoms with Crippen molar-refractivity contribution < 1.29 is 8.42 Å². The minimum Gasteiger partial charge on any atom is -0.278 e. The van der Waals surface area contributed by atoms with Gasteiger partial charge in [-0.25, -0.2) is 4.98 Å². The van der Waals surface area contributed by atoms with E-state index in [4.69, 9.17) is 11.6 Å². The molecule has 9 nitrogen and oxygen atoms in total. The van der Waals surface area contributed by atoms with Crippen LogP contribution in [0.15, 0.2) is 47.5 Å². The highest BCUT2D eigenvalue weighted by molar-refractivity contribution is 7.90. The average molecular weight is 420 g/mol. The fraction of sp³-hybridized carbons (Fsp3) is 0.0667. The Hall–Kier alpha value is -2.76. The first-order valence-corrected chi connectivity index (χ1v) is 10.3. The second kappa shape index (κ2) is 5.62. The van der Waals surface area contributed by atoms with Gasteiger partial charge in [0.25, 0.3) is 0 Å². The van der Waals surface area contributed by atoms with E-state index in [1.165, 1.54) is 21.9 Å². The molecule has 0 aliphatic rings. The lowest BCUT2D eigenvalue weighted by molar-refractivity contribution is 0.577. The van der Waals surface area contributed by atoms with E-state index in [0.717, 1.165) is 15.2 Å². The van der Waals surface area contributed by atoms with Crippen LogP contribution in [-0.4, -0.2) is 41.8 Å². The molecule has 5 rings (SSSR count). The molecule has 0 unspecified atom stereocenters. The zero-order valence-electron chi connectivity index (χ0n) is 13.7. The number of rotatable bonds is 3. The van der Waals surface area contributed by atoms with Gasteiger partial charge in [-0.05, 0) is 6.07 Å². The molecule has 12 heteroatoms. The molecule has 0 saturated heterocycles. The standard InChI is InChI=1S/C15H10ClN7O2S2/c1-21-8-10(6-18-21)9-4-12-11(17-5-9)7-19-23(12)27(24,25)14-13(16)20-15-22(14)2-3-26-15/h2-8H,1H3. The summed E-state index contributed by atoms with van der Waals surface area (Å²) < 4.78 is 30.6. The summed E-state index contributed by atoms with van der Waals surface area (Å²) in [7, 11) is -2.28. The molecule has 27 heavy (non-hydrogen) atoms. The zero-order valence-corrected chi connectivity index (χ0v) is 16.1. The molecule has 0 bridgehead atoms. The average Bonchev–Trinajstić information content (AvgIpc) is 3.36. The number of thiazole rings is 1. The van der Waals surface area contributed by atoms with Gasteiger partial charge >= 0.3 is 10.0 Å². The van der Waals surface area contributed by atoms with Gasteiger partial charge < -0.3 is 0 Å². The lowest BCUT2D eigenvalue weighted by Crippen LogP contribution is -2.16. The molecule has 0 aliphatic carbocycles. The largest absolute Gasteiger partial charge is 0.302 e. The predicted molar refractivity (Wildman–Crippen MR) is 100 cm³/mol. The van der Waals surface area contributed by atoms with Crippen LogP contribution in [0, 0.1) is 0 Å². The first-order chi connectivity index (χ1) is 12.9. The van der Waals surface area contributed by atoms with Crippen molar-refractivity contribution in [3.8, 4) is 11.1 Å². The lowest BCUT2D eigenvalue weighted by atomic mass is 10.1. The van der Waals surface area contributed by atoms with Gasteiger partial charge in [0.15, 0.2) is 10.1 Å². The van der Waals surface area contributed by atoms with Crippen molar-refractivity contribution in [1.82, 2.24) is 33.3 Å². The van der Waals surface area contributed by atoms with Crippen LogP contribution < -0.4 is 0 Å². The highest BCUT2D eigenvalue weighted by atomic mass is 35.5. The van der Waals surface area contributed by atoms with Gasteiger partial charge in [-0.2, -0.15) is 22.7 Å². The number of hydrogen-bond acceptors (Lipinski definition) is 7.